The second-order valence-electron chi connectivity index (χ2n) is 4.55. The van der Waals surface area contributed by atoms with Crippen molar-refractivity contribution in [2.75, 3.05) is 13.2 Å². The van der Waals surface area contributed by atoms with E-state index in [2.05, 4.69) is 4.99 Å². The Bertz CT molecular complexity index is 779. The van der Waals surface area contributed by atoms with Gasteiger partial charge in [-0.25, -0.2) is 9.18 Å². The summed E-state index contributed by atoms with van der Waals surface area (Å²) < 4.78 is 23.8. The van der Waals surface area contributed by atoms with Gasteiger partial charge in [0.25, 0.3) is 0 Å². The molecule has 5 nitrogen and oxygen atoms in total. The van der Waals surface area contributed by atoms with Crippen LogP contribution in [0.2, 0.25) is 0 Å². The lowest BCUT2D eigenvalue weighted by atomic mass is 10.0. The van der Waals surface area contributed by atoms with Crippen molar-refractivity contribution in [3.05, 3.63) is 53.3 Å². The molecular weight excluding hydrogens is 289 g/mol. The number of hydrogen-bond donors (Lipinski definition) is 0. The van der Waals surface area contributed by atoms with E-state index in [1.807, 2.05) is 0 Å². The second kappa shape index (κ2) is 5.79. The number of fused-ring (bicyclic) bond motifs is 1. The Morgan fingerprint density at radius 1 is 1.09 bits per heavy atom. The quantitative estimate of drug-likeness (QED) is 0.496. The lowest BCUT2D eigenvalue weighted by molar-refractivity contribution is 0.103. The van der Waals surface area contributed by atoms with Crippen molar-refractivity contribution in [2.45, 2.75) is 0 Å². The SMILES string of the molecule is O=C=Nc1cc2c(cc1C(=O)c1ccc(F)cc1)OCCO2. The second-order valence-corrected chi connectivity index (χ2v) is 4.55. The summed E-state index contributed by atoms with van der Waals surface area (Å²) in [5.74, 6) is -0.0201. The van der Waals surface area contributed by atoms with Crippen LogP contribution < -0.4 is 9.47 Å². The van der Waals surface area contributed by atoms with Crippen LogP contribution >= 0.6 is 0 Å². The molecule has 0 saturated carbocycles. The van der Waals surface area contributed by atoms with Crippen molar-refractivity contribution in [3.63, 3.8) is 0 Å². The van der Waals surface area contributed by atoms with Crippen LogP contribution in [0.1, 0.15) is 15.9 Å². The first kappa shape index (κ1) is 14.0. The van der Waals surface area contributed by atoms with Crippen molar-refractivity contribution in [1.29, 1.82) is 0 Å². The summed E-state index contributed by atoms with van der Waals surface area (Å²) >= 11 is 0. The highest BCUT2D eigenvalue weighted by Crippen LogP contribution is 2.37. The van der Waals surface area contributed by atoms with Gasteiger partial charge in [-0.15, -0.1) is 0 Å². The predicted octanol–water partition coefficient (Wildman–Crippen LogP) is 2.80. The Kier molecular flexibility index (Phi) is 3.68. The maximum atomic E-state index is 13.0. The maximum Gasteiger partial charge on any atom is 0.240 e. The van der Waals surface area contributed by atoms with Gasteiger partial charge >= 0.3 is 0 Å². The molecule has 0 N–H and O–H groups in total. The minimum Gasteiger partial charge on any atom is -0.486 e. The number of benzene rings is 2. The molecule has 0 amide bonds. The molecule has 0 radical (unpaired) electrons. The number of ether oxygens (including phenoxy) is 2. The standard InChI is InChI=1S/C16H10FNO4/c17-11-3-1-10(2-4-11)16(20)12-7-14-15(22-6-5-21-14)8-13(12)18-9-19/h1-4,7-8H,5-6H2. The molecule has 2 aromatic rings. The number of rotatable bonds is 3. The lowest BCUT2D eigenvalue weighted by Crippen LogP contribution is -2.16. The maximum absolute atomic E-state index is 13.0. The number of halogens is 1. The van der Waals surface area contributed by atoms with Gasteiger partial charge in [-0.05, 0) is 30.3 Å². The van der Waals surface area contributed by atoms with Crippen LogP contribution in [0.15, 0.2) is 41.4 Å². The Balaban J connectivity index is 2.09. The molecular formula is C16H10FNO4. The molecule has 0 fully saturated rings. The lowest BCUT2D eigenvalue weighted by Gasteiger charge is -2.19. The molecule has 0 spiro atoms. The van der Waals surface area contributed by atoms with E-state index in [9.17, 15) is 14.0 Å². The zero-order valence-electron chi connectivity index (χ0n) is 11.3. The zero-order chi connectivity index (χ0) is 15.5. The van der Waals surface area contributed by atoms with E-state index in [0.29, 0.717) is 24.7 Å². The van der Waals surface area contributed by atoms with E-state index < -0.39 is 11.6 Å². The highest BCUT2D eigenvalue weighted by atomic mass is 19.1. The molecule has 0 bridgehead atoms. The van der Waals surface area contributed by atoms with Crippen LogP contribution in [0.4, 0.5) is 10.1 Å². The van der Waals surface area contributed by atoms with Crippen LogP contribution in [-0.4, -0.2) is 25.1 Å². The number of aliphatic imine (C=N–C) groups is 1. The van der Waals surface area contributed by atoms with E-state index in [4.69, 9.17) is 9.47 Å². The molecule has 0 saturated heterocycles. The van der Waals surface area contributed by atoms with Gasteiger partial charge in [0.1, 0.15) is 19.0 Å². The summed E-state index contributed by atoms with van der Waals surface area (Å²) in [4.78, 5) is 26.6. The topological polar surface area (TPSA) is 65.0 Å². The van der Waals surface area contributed by atoms with Gasteiger partial charge in [0.2, 0.25) is 6.08 Å². The first-order chi connectivity index (χ1) is 10.7. The molecule has 110 valence electrons. The highest BCUT2D eigenvalue weighted by Gasteiger charge is 2.20. The number of hydrogen-bond acceptors (Lipinski definition) is 5. The molecule has 6 heteroatoms. The van der Waals surface area contributed by atoms with Gasteiger partial charge < -0.3 is 9.47 Å². The number of nitrogens with zero attached hydrogens (tertiary/aromatic N) is 1. The molecule has 1 aliphatic heterocycles. The van der Waals surface area contributed by atoms with E-state index in [0.717, 1.165) is 0 Å². The summed E-state index contributed by atoms with van der Waals surface area (Å²) in [7, 11) is 0. The van der Waals surface area contributed by atoms with Crippen LogP contribution in [0.5, 0.6) is 11.5 Å². The molecule has 0 unspecified atom stereocenters. The van der Waals surface area contributed by atoms with Gasteiger partial charge in [0.15, 0.2) is 17.3 Å². The first-order valence-electron chi connectivity index (χ1n) is 6.51. The fraction of sp³-hybridized carbons (Fsp3) is 0.125. The zero-order valence-corrected chi connectivity index (χ0v) is 11.3. The third-order valence-corrected chi connectivity index (χ3v) is 3.18. The van der Waals surface area contributed by atoms with Crippen LogP contribution in [0.25, 0.3) is 0 Å². The van der Waals surface area contributed by atoms with Crippen molar-refractivity contribution < 1.29 is 23.5 Å². The molecule has 1 aliphatic rings. The highest BCUT2D eigenvalue weighted by molar-refractivity contribution is 6.12. The van der Waals surface area contributed by atoms with E-state index in [1.54, 1.807) is 0 Å². The molecule has 22 heavy (non-hydrogen) atoms. The van der Waals surface area contributed by atoms with Crippen LogP contribution in [0, 0.1) is 5.82 Å². The van der Waals surface area contributed by atoms with Gasteiger partial charge in [0, 0.05) is 11.6 Å². The number of ketones is 1. The van der Waals surface area contributed by atoms with Crippen molar-refractivity contribution >= 4 is 17.6 Å². The Hall–Kier alpha value is -2.98. The largest absolute Gasteiger partial charge is 0.486 e. The van der Waals surface area contributed by atoms with Crippen molar-refractivity contribution in [2.24, 2.45) is 4.99 Å². The molecule has 1 heterocycles. The predicted molar refractivity (Wildman–Crippen MR) is 75.0 cm³/mol. The van der Waals surface area contributed by atoms with Crippen LogP contribution in [-0.2, 0) is 4.79 Å². The van der Waals surface area contributed by atoms with Crippen molar-refractivity contribution in [3.8, 4) is 11.5 Å². The fourth-order valence-electron chi connectivity index (χ4n) is 2.16. The minimum absolute atomic E-state index is 0.133. The smallest absolute Gasteiger partial charge is 0.240 e. The summed E-state index contributed by atoms with van der Waals surface area (Å²) in [6.07, 6.45) is 1.41. The number of carbonyl (C=O) groups excluding carboxylic acids is 2. The van der Waals surface area contributed by atoms with Crippen LogP contribution in [0.3, 0.4) is 0 Å². The molecule has 2 aromatic carbocycles. The molecule has 0 aliphatic carbocycles. The monoisotopic (exact) mass is 299 g/mol. The van der Waals surface area contributed by atoms with E-state index in [1.165, 1.54) is 42.5 Å². The third-order valence-electron chi connectivity index (χ3n) is 3.18. The molecule has 3 rings (SSSR count). The summed E-state index contributed by atoms with van der Waals surface area (Å²) in [6.45, 7) is 0.746. The minimum atomic E-state index is -0.440. The summed E-state index contributed by atoms with van der Waals surface area (Å²) in [6, 6.07) is 8.03. The van der Waals surface area contributed by atoms with E-state index >= 15 is 0 Å². The number of carbonyl (C=O) groups is 1. The third kappa shape index (κ3) is 2.60. The first-order valence-corrected chi connectivity index (χ1v) is 6.51. The fourth-order valence-corrected chi connectivity index (χ4v) is 2.16. The summed E-state index contributed by atoms with van der Waals surface area (Å²) in [5.41, 5.74) is 0.577. The normalized spacial score (nSPS) is 12.4. The molecule has 0 aromatic heterocycles. The van der Waals surface area contributed by atoms with Gasteiger partial charge in [-0.1, -0.05) is 0 Å². The van der Waals surface area contributed by atoms with Gasteiger partial charge in [-0.3, -0.25) is 4.79 Å². The average molecular weight is 299 g/mol. The Morgan fingerprint density at radius 3 is 2.36 bits per heavy atom. The van der Waals surface area contributed by atoms with Crippen molar-refractivity contribution in [1.82, 2.24) is 0 Å². The van der Waals surface area contributed by atoms with Gasteiger partial charge in [0.05, 0.1) is 11.3 Å². The van der Waals surface area contributed by atoms with Gasteiger partial charge in [-0.2, -0.15) is 4.99 Å². The number of isocyanates is 1. The summed E-state index contributed by atoms with van der Waals surface area (Å²) in [5, 5.41) is 0. The van der Waals surface area contributed by atoms with E-state index in [-0.39, 0.29) is 16.8 Å². The Morgan fingerprint density at radius 2 is 1.73 bits per heavy atom. The Labute approximate surface area is 125 Å². The average Bonchev–Trinajstić information content (AvgIpc) is 2.54. The molecule has 0 atom stereocenters.